The van der Waals surface area contributed by atoms with E-state index in [4.69, 9.17) is 0 Å². The van der Waals surface area contributed by atoms with Crippen LogP contribution in [0, 0.1) is 5.92 Å². The van der Waals surface area contributed by atoms with Gasteiger partial charge in [-0.2, -0.15) is 0 Å². The first-order valence-corrected chi connectivity index (χ1v) is 7.93. The van der Waals surface area contributed by atoms with Gasteiger partial charge >= 0.3 is 0 Å². The highest BCUT2D eigenvalue weighted by molar-refractivity contribution is 7.89. The highest BCUT2D eigenvalue weighted by atomic mass is 32.2. The molecule has 1 amide bonds. The average molecular weight is 298 g/mol. The summed E-state index contributed by atoms with van der Waals surface area (Å²) in [5.41, 5.74) is 0.454. The minimum atomic E-state index is -3.45. The molecule has 0 aliphatic heterocycles. The first-order chi connectivity index (χ1) is 9.16. The van der Waals surface area contributed by atoms with E-state index in [-0.39, 0.29) is 16.8 Å². The normalized spacial score (nSPS) is 13.6. The maximum atomic E-state index is 12.0. The van der Waals surface area contributed by atoms with Crippen LogP contribution in [0.3, 0.4) is 0 Å². The Bertz CT molecular complexity index is 563. The van der Waals surface area contributed by atoms with Gasteiger partial charge in [0.2, 0.25) is 10.0 Å². The number of carbonyl (C=O) groups excluding carboxylic acids is 1. The zero-order valence-electron chi connectivity index (χ0n) is 12.5. The number of benzene rings is 1. The number of rotatable bonds is 5. The Kier molecular flexibility index (Phi) is 5.30. The molecule has 0 heterocycles. The minimum absolute atomic E-state index is 0.0627. The molecule has 20 heavy (non-hydrogen) atoms. The molecule has 0 saturated heterocycles. The van der Waals surface area contributed by atoms with E-state index in [1.807, 2.05) is 20.8 Å². The molecular weight excluding hydrogens is 276 g/mol. The van der Waals surface area contributed by atoms with Crippen molar-refractivity contribution in [1.82, 2.24) is 9.62 Å². The van der Waals surface area contributed by atoms with E-state index < -0.39 is 10.0 Å². The molecule has 5 nitrogen and oxygen atoms in total. The second-order valence-electron chi connectivity index (χ2n) is 5.32. The summed E-state index contributed by atoms with van der Waals surface area (Å²) in [6.45, 7) is 5.99. The van der Waals surface area contributed by atoms with E-state index in [1.54, 1.807) is 0 Å². The predicted molar refractivity (Wildman–Crippen MR) is 79.1 cm³/mol. The van der Waals surface area contributed by atoms with E-state index in [0.29, 0.717) is 11.5 Å². The molecule has 1 aromatic carbocycles. The van der Waals surface area contributed by atoms with Crippen LogP contribution in [0.15, 0.2) is 29.2 Å². The van der Waals surface area contributed by atoms with Crippen LogP contribution in [-0.2, 0) is 10.0 Å². The Labute approximate surface area is 121 Å². The third-order valence-corrected chi connectivity index (χ3v) is 5.08. The molecule has 0 aliphatic carbocycles. The Hall–Kier alpha value is -1.40. The molecule has 1 unspecified atom stereocenters. The topological polar surface area (TPSA) is 66.5 Å². The number of amides is 1. The summed E-state index contributed by atoms with van der Waals surface area (Å²) >= 11 is 0. The second-order valence-corrected chi connectivity index (χ2v) is 7.47. The molecular formula is C14H22N2O3S. The zero-order valence-corrected chi connectivity index (χ0v) is 13.4. The predicted octanol–water partition coefficient (Wildman–Crippen LogP) is 1.71. The van der Waals surface area contributed by atoms with Crippen molar-refractivity contribution in [2.24, 2.45) is 5.92 Å². The summed E-state index contributed by atoms with van der Waals surface area (Å²) < 4.78 is 25.0. The standard InChI is InChI=1S/C14H22N2O3S/c1-10(2)11(3)15-14(17)12-6-8-13(9-7-12)20(18,19)16(4)5/h6-11H,1-5H3,(H,15,17). The van der Waals surface area contributed by atoms with Crippen molar-refractivity contribution >= 4 is 15.9 Å². The molecule has 6 heteroatoms. The first-order valence-electron chi connectivity index (χ1n) is 6.49. The highest BCUT2D eigenvalue weighted by Crippen LogP contribution is 2.14. The van der Waals surface area contributed by atoms with Crippen molar-refractivity contribution in [3.63, 3.8) is 0 Å². The number of sulfonamides is 1. The molecule has 0 spiro atoms. The van der Waals surface area contributed by atoms with Crippen LogP contribution in [0.5, 0.6) is 0 Å². The molecule has 0 radical (unpaired) electrons. The number of hydrogen-bond donors (Lipinski definition) is 1. The first kappa shape index (κ1) is 16.7. The lowest BCUT2D eigenvalue weighted by molar-refractivity contribution is 0.0930. The summed E-state index contributed by atoms with van der Waals surface area (Å²) in [5.74, 6) is 0.146. The Morgan fingerprint density at radius 1 is 1.10 bits per heavy atom. The number of carbonyl (C=O) groups is 1. The monoisotopic (exact) mass is 298 g/mol. The molecule has 0 fully saturated rings. The number of nitrogens with zero attached hydrogens (tertiary/aromatic N) is 1. The van der Waals surface area contributed by atoms with E-state index in [0.717, 1.165) is 4.31 Å². The quantitative estimate of drug-likeness (QED) is 0.900. The summed E-state index contributed by atoms with van der Waals surface area (Å²) in [7, 11) is -0.509. The summed E-state index contributed by atoms with van der Waals surface area (Å²) in [4.78, 5) is 12.2. The molecule has 0 saturated carbocycles. The fourth-order valence-electron chi connectivity index (χ4n) is 1.45. The fourth-order valence-corrected chi connectivity index (χ4v) is 2.35. The van der Waals surface area contributed by atoms with Crippen LogP contribution in [0.2, 0.25) is 0 Å². The SMILES string of the molecule is CC(C)C(C)NC(=O)c1ccc(S(=O)(=O)N(C)C)cc1. The number of nitrogens with one attached hydrogen (secondary N) is 1. The van der Waals surface area contributed by atoms with Gasteiger partial charge in [0, 0.05) is 25.7 Å². The molecule has 0 bridgehead atoms. The lowest BCUT2D eigenvalue weighted by atomic mass is 10.1. The molecule has 0 aromatic heterocycles. The van der Waals surface area contributed by atoms with E-state index in [1.165, 1.54) is 38.4 Å². The van der Waals surface area contributed by atoms with Crippen LogP contribution in [0.4, 0.5) is 0 Å². The van der Waals surface area contributed by atoms with Crippen LogP contribution >= 0.6 is 0 Å². The van der Waals surface area contributed by atoms with Crippen molar-refractivity contribution in [2.45, 2.75) is 31.7 Å². The zero-order chi connectivity index (χ0) is 15.5. The van der Waals surface area contributed by atoms with E-state index >= 15 is 0 Å². The lowest BCUT2D eigenvalue weighted by Crippen LogP contribution is -2.36. The van der Waals surface area contributed by atoms with Crippen molar-refractivity contribution in [2.75, 3.05) is 14.1 Å². The summed E-state index contributed by atoms with van der Waals surface area (Å²) in [6, 6.07) is 6.01. The van der Waals surface area contributed by atoms with Crippen LogP contribution in [0.1, 0.15) is 31.1 Å². The van der Waals surface area contributed by atoms with E-state index in [9.17, 15) is 13.2 Å². The molecule has 1 atom stereocenters. The third kappa shape index (κ3) is 3.80. The maximum Gasteiger partial charge on any atom is 0.251 e. The Balaban J connectivity index is 2.90. The van der Waals surface area contributed by atoms with Crippen LogP contribution < -0.4 is 5.32 Å². The summed E-state index contributed by atoms with van der Waals surface area (Å²) in [6.07, 6.45) is 0. The third-order valence-electron chi connectivity index (χ3n) is 3.25. The molecule has 1 rings (SSSR count). The van der Waals surface area contributed by atoms with Gasteiger partial charge in [0.05, 0.1) is 4.90 Å². The summed E-state index contributed by atoms with van der Waals surface area (Å²) in [5, 5.41) is 2.88. The molecule has 112 valence electrons. The van der Waals surface area contributed by atoms with Crippen molar-refractivity contribution in [1.29, 1.82) is 0 Å². The van der Waals surface area contributed by atoms with Gasteiger partial charge in [-0.05, 0) is 37.1 Å². The minimum Gasteiger partial charge on any atom is -0.349 e. The Morgan fingerprint density at radius 3 is 2.00 bits per heavy atom. The van der Waals surface area contributed by atoms with Crippen molar-refractivity contribution < 1.29 is 13.2 Å². The smallest absolute Gasteiger partial charge is 0.251 e. The average Bonchev–Trinajstić information content (AvgIpc) is 2.38. The maximum absolute atomic E-state index is 12.0. The van der Waals surface area contributed by atoms with Gasteiger partial charge in [0.15, 0.2) is 0 Å². The molecule has 1 N–H and O–H groups in total. The van der Waals surface area contributed by atoms with E-state index in [2.05, 4.69) is 5.32 Å². The highest BCUT2D eigenvalue weighted by Gasteiger charge is 2.18. The van der Waals surface area contributed by atoms with Crippen LogP contribution in [0.25, 0.3) is 0 Å². The molecule has 1 aromatic rings. The fraction of sp³-hybridized carbons (Fsp3) is 0.500. The van der Waals surface area contributed by atoms with Crippen molar-refractivity contribution in [3.05, 3.63) is 29.8 Å². The molecule has 0 aliphatic rings. The van der Waals surface area contributed by atoms with Gasteiger partial charge in [0.1, 0.15) is 0 Å². The van der Waals surface area contributed by atoms with Crippen molar-refractivity contribution in [3.8, 4) is 0 Å². The second kappa shape index (κ2) is 6.37. The van der Waals surface area contributed by atoms with Gasteiger partial charge in [0.25, 0.3) is 5.91 Å². The van der Waals surface area contributed by atoms with Crippen LogP contribution in [-0.4, -0.2) is 38.8 Å². The number of hydrogen-bond acceptors (Lipinski definition) is 3. The van der Waals surface area contributed by atoms with Gasteiger partial charge in [-0.3, -0.25) is 4.79 Å². The van der Waals surface area contributed by atoms with Gasteiger partial charge < -0.3 is 5.32 Å². The van der Waals surface area contributed by atoms with Gasteiger partial charge in [-0.25, -0.2) is 12.7 Å². The largest absolute Gasteiger partial charge is 0.349 e. The van der Waals surface area contributed by atoms with Gasteiger partial charge in [-0.1, -0.05) is 13.8 Å². The lowest BCUT2D eigenvalue weighted by Gasteiger charge is -2.17. The van der Waals surface area contributed by atoms with Gasteiger partial charge in [-0.15, -0.1) is 0 Å². The Morgan fingerprint density at radius 2 is 1.60 bits per heavy atom.